The number of aromatic nitrogens is 3. The zero-order chi connectivity index (χ0) is 15.9. The smallest absolute Gasteiger partial charge is 0.244 e. The molecular weight excluding hydrogens is 310 g/mol. The molecular formula is C17H22ClN5. The van der Waals surface area contributed by atoms with E-state index in [1.807, 2.05) is 24.3 Å². The summed E-state index contributed by atoms with van der Waals surface area (Å²) in [6.07, 6.45) is 8.94. The van der Waals surface area contributed by atoms with Gasteiger partial charge in [-0.15, -0.1) is 5.10 Å². The topological polar surface area (TPSA) is 62.7 Å². The number of nitrogens with one attached hydrogen (secondary N) is 2. The van der Waals surface area contributed by atoms with Crippen LogP contribution in [0.25, 0.3) is 0 Å². The molecule has 0 atom stereocenters. The maximum Gasteiger partial charge on any atom is 0.244 e. The van der Waals surface area contributed by atoms with Gasteiger partial charge in [0, 0.05) is 17.6 Å². The molecule has 2 aromatic rings. The molecule has 1 aliphatic rings. The van der Waals surface area contributed by atoms with Crippen molar-refractivity contribution in [1.82, 2.24) is 15.2 Å². The molecule has 1 aliphatic carbocycles. The molecule has 1 aromatic heterocycles. The highest BCUT2D eigenvalue weighted by Crippen LogP contribution is 2.20. The molecule has 1 fully saturated rings. The summed E-state index contributed by atoms with van der Waals surface area (Å²) >= 11 is 5.89. The first-order valence-electron chi connectivity index (χ1n) is 8.24. The van der Waals surface area contributed by atoms with Crippen molar-refractivity contribution in [2.75, 3.05) is 17.2 Å². The zero-order valence-electron chi connectivity index (χ0n) is 13.1. The Morgan fingerprint density at radius 3 is 2.65 bits per heavy atom. The molecule has 122 valence electrons. The molecule has 0 saturated heterocycles. The molecule has 0 amide bonds. The molecule has 6 heteroatoms. The van der Waals surface area contributed by atoms with Crippen molar-refractivity contribution in [3.05, 3.63) is 41.0 Å². The van der Waals surface area contributed by atoms with E-state index in [4.69, 9.17) is 11.6 Å². The van der Waals surface area contributed by atoms with Gasteiger partial charge in [0.15, 0.2) is 5.82 Å². The highest BCUT2D eigenvalue weighted by molar-refractivity contribution is 6.30. The van der Waals surface area contributed by atoms with Gasteiger partial charge in [-0.1, -0.05) is 43.0 Å². The van der Waals surface area contributed by atoms with Crippen LogP contribution in [0.5, 0.6) is 0 Å². The van der Waals surface area contributed by atoms with Crippen molar-refractivity contribution >= 4 is 23.4 Å². The van der Waals surface area contributed by atoms with Gasteiger partial charge in [-0.05, 0) is 37.0 Å². The summed E-state index contributed by atoms with van der Waals surface area (Å²) in [4.78, 5) is 4.50. The van der Waals surface area contributed by atoms with Crippen LogP contribution in [0.1, 0.15) is 37.7 Å². The first kappa shape index (κ1) is 16.0. The van der Waals surface area contributed by atoms with Crippen LogP contribution in [-0.2, 0) is 6.42 Å². The molecule has 2 N–H and O–H groups in total. The summed E-state index contributed by atoms with van der Waals surface area (Å²) in [5.74, 6) is 1.38. The molecule has 1 aromatic carbocycles. The second-order valence-corrected chi connectivity index (χ2v) is 6.38. The lowest BCUT2D eigenvalue weighted by Gasteiger charge is -2.23. The average Bonchev–Trinajstić information content (AvgIpc) is 2.58. The van der Waals surface area contributed by atoms with Crippen LogP contribution in [0.3, 0.4) is 0 Å². The number of hydrogen-bond acceptors (Lipinski definition) is 5. The fourth-order valence-electron chi connectivity index (χ4n) is 2.87. The van der Waals surface area contributed by atoms with Crippen LogP contribution >= 0.6 is 11.6 Å². The van der Waals surface area contributed by atoms with Crippen molar-refractivity contribution in [2.24, 2.45) is 0 Å². The first-order valence-corrected chi connectivity index (χ1v) is 8.62. The summed E-state index contributed by atoms with van der Waals surface area (Å²) in [6, 6.07) is 8.39. The quantitative estimate of drug-likeness (QED) is 0.840. The normalized spacial score (nSPS) is 15.3. The molecule has 0 unspecified atom stereocenters. The van der Waals surface area contributed by atoms with Gasteiger partial charge >= 0.3 is 0 Å². The van der Waals surface area contributed by atoms with E-state index in [2.05, 4.69) is 25.8 Å². The van der Waals surface area contributed by atoms with Gasteiger partial charge < -0.3 is 10.6 Å². The molecule has 1 saturated carbocycles. The minimum absolute atomic E-state index is 0.516. The molecule has 3 rings (SSSR count). The minimum Gasteiger partial charge on any atom is -0.366 e. The fraction of sp³-hybridized carbons (Fsp3) is 0.471. The summed E-state index contributed by atoms with van der Waals surface area (Å²) in [5.41, 5.74) is 1.23. The van der Waals surface area contributed by atoms with Gasteiger partial charge in [0.1, 0.15) is 0 Å². The van der Waals surface area contributed by atoms with Crippen LogP contribution < -0.4 is 10.6 Å². The summed E-state index contributed by atoms with van der Waals surface area (Å²) < 4.78 is 0. The number of hydrogen-bond donors (Lipinski definition) is 2. The lowest BCUT2D eigenvalue weighted by atomic mass is 9.96. The Morgan fingerprint density at radius 2 is 1.87 bits per heavy atom. The van der Waals surface area contributed by atoms with Crippen molar-refractivity contribution in [3.63, 3.8) is 0 Å². The van der Waals surface area contributed by atoms with Crippen molar-refractivity contribution in [3.8, 4) is 0 Å². The molecule has 0 radical (unpaired) electrons. The van der Waals surface area contributed by atoms with Crippen LogP contribution in [0.2, 0.25) is 5.02 Å². The lowest BCUT2D eigenvalue weighted by molar-refractivity contribution is 0.461. The van der Waals surface area contributed by atoms with Gasteiger partial charge in [-0.25, -0.2) is 0 Å². The average molecular weight is 332 g/mol. The maximum atomic E-state index is 5.89. The highest BCUT2D eigenvalue weighted by atomic mass is 35.5. The van der Waals surface area contributed by atoms with Crippen LogP contribution in [0.15, 0.2) is 30.5 Å². The first-order chi connectivity index (χ1) is 11.3. The molecule has 0 spiro atoms. The van der Waals surface area contributed by atoms with E-state index in [0.29, 0.717) is 12.0 Å². The van der Waals surface area contributed by atoms with E-state index in [0.717, 1.165) is 23.8 Å². The Bertz CT molecular complexity index is 611. The third-order valence-electron chi connectivity index (χ3n) is 4.13. The minimum atomic E-state index is 0.516. The van der Waals surface area contributed by atoms with Crippen LogP contribution in [0.4, 0.5) is 11.8 Å². The summed E-state index contributed by atoms with van der Waals surface area (Å²) in [7, 11) is 0. The third kappa shape index (κ3) is 5.06. The number of rotatable bonds is 6. The zero-order valence-corrected chi connectivity index (χ0v) is 13.9. The monoisotopic (exact) mass is 331 g/mol. The SMILES string of the molecule is Clc1ccc(CCNc2nncc(NC3CCCCC3)n2)cc1. The second-order valence-electron chi connectivity index (χ2n) is 5.95. The molecule has 5 nitrogen and oxygen atoms in total. The van der Waals surface area contributed by atoms with Gasteiger partial charge in [0.2, 0.25) is 5.95 Å². The third-order valence-corrected chi connectivity index (χ3v) is 4.38. The van der Waals surface area contributed by atoms with Gasteiger partial charge in [0.25, 0.3) is 0 Å². The number of nitrogens with zero attached hydrogens (tertiary/aromatic N) is 3. The van der Waals surface area contributed by atoms with Crippen molar-refractivity contribution < 1.29 is 0 Å². The number of benzene rings is 1. The predicted octanol–water partition coefficient (Wildman–Crippen LogP) is 3.92. The standard InChI is InChI=1S/C17H22ClN5/c18-14-8-6-13(7-9-14)10-11-19-17-22-16(12-20-23-17)21-15-4-2-1-3-5-15/h6-9,12,15H,1-5,10-11H2,(H2,19,21,22,23). The second kappa shape index (κ2) is 8.11. The van der Waals surface area contributed by atoms with E-state index in [9.17, 15) is 0 Å². The summed E-state index contributed by atoms with van der Waals surface area (Å²) in [6.45, 7) is 0.760. The van der Waals surface area contributed by atoms with E-state index in [1.54, 1.807) is 6.20 Å². The Morgan fingerprint density at radius 1 is 1.09 bits per heavy atom. The van der Waals surface area contributed by atoms with Gasteiger partial charge in [-0.2, -0.15) is 10.1 Å². The van der Waals surface area contributed by atoms with Crippen molar-refractivity contribution in [1.29, 1.82) is 0 Å². The Hall–Kier alpha value is -1.88. The van der Waals surface area contributed by atoms with Gasteiger partial charge in [-0.3, -0.25) is 0 Å². The van der Waals surface area contributed by atoms with Crippen LogP contribution in [-0.4, -0.2) is 27.8 Å². The molecule has 1 heterocycles. The summed E-state index contributed by atoms with van der Waals surface area (Å²) in [5, 5.41) is 15.5. The van der Waals surface area contributed by atoms with Crippen LogP contribution in [0, 0.1) is 0 Å². The maximum absolute atomic E-state index is 5.89. The fourth-order valence-corrected chi connectivity index (χ4v) is 3.00. The molecule has 0 aliphatic heterocycles. The Balaban J connectivity index is 1.49. The highest BCUT2D eigenvalue weighted by Gasteiger charge is 2.13. The van der Waals surface area contributed by atoms with Crippen molar-refractivity contribution in [2.45, 2.75) is 44.6 Å². The van der Waals surface area contributed by atoms with E-state index in [-0.39, 0.29) is 0 Å². The predicted molar refractivity (Wildman–Crippen MR) is 94.0 cm³/mol. The lowest BCUT2D eigenvalue weighted by Crippen LogP contribution is -2.23. The van der Waals surface area contributed by atoms with E-state index < -0.39 is 0 Å². The van der Waals surface area contributed by atoms with E-state index >= 15 is 0 Å². The van der Waals surface area contributed by atoms with Gasteiger partial charge in [0.05, 0.1) is 6.20 Å². The molecule has 0 bridgehead atoms. The Labute approximate surface area is 141 Å². The van der Waals surface area contributed by atoms with E-state index in [1.165, 1.54) is 37.7 Å². The number of halogens is 1. The largest absolute Gasteiger partial charge is 0.366 e. The molecule has 23 heavy (non-hydrogen) atoms. The Kier molecular flexibility index (Phi) is 5.64. The number of anilines is 2.